The zero-order valence-electron chi connectivity index (χ0n) is 24.6. The van der Waals surface area contributed by atoms with Gasteiger partial charge in [-0.05, 0) is 58.2 Å². The predicted octanol–water partition coefficient (Wildman–Crippen LogP) is 6.44. The summed E-state index contributed by atoms with van der Waals surface area (Å²) in [4.78, 5) is 13.1. The lowest BCUT2D eigenvalue weighted by Gasteiger charge is -2.38. The van der Waals surface area contributed by atoms with Crippen LogP contribution in [0.1, 0.15) is 51.5 Å². The van der Waals surface area contributed by atoms with E-state index in [0.717, 1.165) is 19.4 Å². The number of nitrogens with zero attached hydrogens (tertiary/aromatic N) is 5. The molecule has 8 nitrogen and oxygen atoms in total. The van der Waals surface area contributed by atoms with Gasteiger partial charge >= 0.3 is 6.01 Å². The Labute approximate surface area is 257 Å². The van der Waals surface area contributed by atoms with Crippen LogP contribution in [0.3, 0.4) is 0 Å². The predicted molar refractivity (Wildman–Crippen MR) is 165 cm³/mol. The van der Waals surface area contributed by atoms with Crippen molar-refractivity contribution in [2.45, 2.75) is 63.3 Å². The molecule has 3 fully saturated rings. The Morgan fingerprint density at radius 3 is 2.77 bits per heavy atom. The molecule has 3 atom stereocenters. The number of fused-ring (bicyclic) bond motifs is 3. The lowest BCUT2D eigenvalue weighted by atomic mass is 9.93. The molecule has 0 spiro atoms. The zero-order valence-corrected chi connectivity index (χ0v) is 25.4. The molecule has 4 aromatic rings. The third-order valence-electron chi connectivity index (χ3n) is 9.37. The standard InChI is InChI=1S/C32H34ClF3N6O2/c1-3-6-19-22(33)12-24-21(14-37-40-24)25(19)26-23(35)11-20-28(27(26)36)38-30(39-29(20)41-9-4-7-31(2,43)16-41)44-17-32-8-5-10-42(32)15-18(34)13-32/h3,6,11-12,14,18,43H,4-5,7-10,13,15-17H2,1-2H3,(H,37,40)/b6-3-/t18-,31-,32+/m1/s1. The van der Waals surface area contributed by atoms with Crippen LogP contribution in [-0.4, -0.2) is 80.3 Å². The van der Waals surface area contributed by atoms with Crippen molar-refractivity contribution in [1.29, 1.82) is 0 Å². The third kappa shape index (κ3) is 4.89. The normalized spacial score (nSPS) is 26.0. The molecule has 3 aliphatic heterocycles. The Morgan fingerprint density at radius 1 is 1.16 bits per heavy atom. The van der Waals surface area contributed by atoms with Gasteiger partial charge in [0.15, 0.2) is 5.82 Å². The van der Waals surface area contributed by atoms with Gasteiger partial charge in [0.2, 0.25) is 0 Å². The van der Waals surface area contributed by atoms with Crippen molar-refractivity contribution in [3.63, 3.8) is 0 Å². The average molecular weight is 627 g/mol. The first-order valence-electron chi connectivity index (χ1n) is 15.1. The minimum atomic E-state index is -1.01. The minimum absolute atomic E-state index is 0.0778. The van der Waals surface area contributed by atoms with Gasteiger partial charge in [0.1, 0.15) is 29.9 Å². The molecule has 5 heterocycles. The molecule has 0 amide bonds. The van der Waals surface area contributed by atoms with Crippen molar-refractivity contribution in [2.75, 3.05) is 37.7 Å². The molecule has 0 saturated carbocycles. The van der Waals surface area contributed by atoms with E-state index >= 15 is 8.78 Å². The second-order valence-corrected chi connectivity index (χ2v) is 13.0. The van der Waals surface area contributed by atoms with Crippen LogP contribution >= 0.6 is 11.6 Å². The van der Waals surface area contributed by atoms with E-state index in [-0.39, 0.29) is 47.0 Å². The van der Waals surface area contributed by atoms with Gasteiger partial charge in [-0.15, -0.1) is 0 Å². The molecule has 7 rings (SSSR count). The maximum Gasteiger partial charge on any atom is 0.319 e. The number of ether oxygens (including phenoxy) is 1. The fourth-order valence-corrected chi connectivity index (χ4v) is 7.68. The number of alkyl halides is 1. The molecule has 44 heavy (non-hydrogen) atoms. The third-order valence-corrected chi connectivity index (χ3v) is 9.68. The van der Waals surface area contributed by atoms with Crippen molar-refractivity contribution in [1.82, 2.24) is 25.1 Å². The van der Waals surface area contributed by atoms with Crippen molar-refractivity contribution >= 4 is 45.3 Å². The van der Waals surface area contributed by atoms with E-state index < -0.39 is 28.9 Å². The number of piperidine rings is 1. The fourth-order valence-electron chi connectivity index (χ4n) is 7.42. The highest BCUT2D eigenvalue weighted by Gasteiger charge is 2.49. The summed E-state index contributed by atoms with van der Waals surface area (Å²) in [5.41, 5.74) is -0.660. The van der Waals surface area contributed by atoms with Gasteiger partial charge in [0.25, 0.3) is 0 Å². The first-order valence-corrected chi connectivity index (χ1v) is 15.4. The highest BCUT2D eigenvalue weighted by molar-refractivity contribution is 6.34. The second-order valence-electron chi connectivity index (χ2n) is 12.6. The number of allylic oxidation sites excluding steroid dienone is 1. The molecular weight excluding hydrogens is 593 g/mol. The molecule has 3 saturated heterocycles. The van der Waals surface area contributed by atoms with Crippen LogP contribution in [0.2, 0.25) is 5.02 Å². The SMILES string of the molecule is C/C=C\c1c(Cl)cc2[nH]ncc2c1-c1c(F)cc2c(N3CCC[C@@](C)(O)C3)nc(OC[C@@]34CCCN3C[C@H](F)C4)nc2c1F. The largest absolute Gasteiger partial charge is 0.461 e. The minimum Gasteiger partial charge on any atom is -0.461 e. The summed E-state index contributed by atoms with van der Waals surface area (Å²) in [5, 5.41) is 18.8. The molecule has 0 radical (unpaired) electrons. The van der Waals surface area contributed by atoms with Crippen LogP contribution in [0.5, 0.6) is 6.01 Å². The Kier molecular flexibility index (Phi) is 7.25. The summed E-state index contributed by atoms with van der Waals surface area (Å²) in [6.07, 6.45) is 7.37. The maximum absolute atomic E-state index is 16.9. The molecule has 3 aliphatic rings. The number of halogens is 4. The average Bonchev–Trinajstić information content (AvgIpc) is 3.67. The number of anilines is 1. The highest BCUT2D eigenvalue weighted by Crippen LogP contribution is 2.44. The van der Waals surface area contributed by atoms with Crippen LogP contribution in [0.25, 0.3) is 39.0 Å². The van der Waals surface area contributed by atoms with E-state index in [1.54, 1.807) is 32.1 Å². The van der Waals surface area contributed by atoms with E-state index in [1.807, 2.05) is 4.90 Å². The van der Waals surface area contributed by atoms with Crippen molar-refractivity contribution in [2.24, 2.45) is 0 Å². The summed E-state index contributed by atoms with van der Waals surface area (Å²) in [5.74, 6) is -1.43. The van der Waals surface area contributed by atoms with Crippen LogP contribution < -0.4 is 9.64 Å². The van der Waals surface area contributed by atoms with E-state index in [1.165, 1.54) is 12.3 Å². The Hall–Kier alpha value is -3.41. The first-order chi connectivity index (χ1) is 21.1. The number of hydrogen-bond acceptors (Lipinski definition) is 7. The summed E-state index contributed by atoms with van der Waals surface area (Å²) in [6.45, 7) is 5.60. The van der Waals surface area contributed by atoms with Crippen LogP contribution in [-0.2, 0) is 0 Å². The van der Waals surface area contributed by atoms with Crippen LogP contribution in [0.15, 0.2) is 24.4 Å². The molecule has 2 N–H and O–H groups in total. The van der Waals surface area contributed by atoms with Gasteiger partial charge in [0, 0.05) is 48.0 Å². The molecule has 2 aromatic heterocycles. The van der Waals surface area contributed by atoms with Crippen LogP contribution in [0.4, 0.5) is 19.0 Å². The highest BCUT2D eigenvalue weighted by atomic mass is 35.5. The molecule has 0 aliphatic carbocycles. The molecular formula is C32H34ClF3N6O2. The van der Waals surface area contributed by atoms with E-state index in [4.69, 9.17) is 16.3 Å². The Bertz CT molecular complexity index is 1800. The topological polar surface area (TPSA) is 90.4 Å². The van der Waals surface area contributed by atoms with Crippen LogP contribution in [0, 0.1) is 11.6 Å². The number of benzene rings is 2. The summed E-state index contributed by atoms with van der Waals surface area (Å²) in [6, 6.07) is 2.83. The fraction of sp³-hybridized carbons (Fsp3) is 0.469. The number of rotatable bonds is 6. The molecule has 0 unspecified atom stereocenters. The molecule has 232 valence electrons. The number of H-pyrrole nitrogens is 1. The summed E-state index contributed by atoms with van der Waals surface area (Å²) >= 11 is 6.60. The Balaban J connectivity index is 1.41. The molecule has 12 heteroatoms. The first kappa shape index (κ1) is 29.3. The van der Waals surface area contributed by atoms with Gasteiger partial charge in [-0.2, -0.15) is 15.1 Å². The number of β-amino-alcohol motifs (C(OH)–C–C–N with tert-alkyl or cyclic N) is 1. The van der Waals surface area contributed by atoms with Gasteiger partial charge in [-0.3, -0.25) is 10.00 Å². The number of nitrogens with one attached hydrogen (secondary N) is 1. The van der Waals surface area contributed by atoms with Crippen molar-refractivity contribution < 1.29 is 23.0 Å². The van der Waals surface area contributed by atoms with Crippen molar-refractivity contribution in [3.05, 3.63) is 46.6 Å². The Morgan fingerprint density at radius 2 is 1.98 bits per heavy atom. The lowest BCUT2D eigenvalue weighted by molar-refractivity contribution is 0.0447. The van der Waals surface area contributed by atoms with Gasteiger partial charge in [-0.25, -0.2) is 13.2 Å². The van der Waals surface area contributed by atoms with E-state index in [2.05, 4.69) is 25.1 Å². The quantitative estimate of drug-likeness (QED) is 0.254. The molecule has 2 aromatic carbocycles. The second kappa shape index (κ2) is 10.9. The lowest BCUT2D eigenvalue weighted by Crippen LogP contribution is -2.46. The summed E-state index contributed by atoms with van der Waals surface area (Å²) < 4.78 is 53.7. The smallest absolute Gasteiger partial charge is 0.319 e. The number of aromatic amines is 1. The van der Waals surface area contributed by atoms with E-state index in [9.17, 15) is 9.50 Å². The monoisotopic (exact) mass is 626 g/mol. The van der Waals surface area contributed by atoms with Gasteiger partial charge in [0.05, 0.1) is 33.4 Å². The maximum atomic E-state index is 16.9. The molecule has 0 bridgehead atoms. The number of aromatic nitrogens is 4. The van der Waals surface area contributed by atoms with E-state index in [0.29, 0.717) is 53.8 Å². The number of hydrogen-bond donors (Lipinski definition) is 2. The number of aliphatic hydroxyl groups is 1. The zero-order chi connectivity index (χ0) is 30.8. The van der Waals surface area contributed by atoms with Gasteiger partial charge < -0.3 is 14.7 Å². The van der Waals surface area contributed by atoms with Gasteiger partial charge in [-0.1, -0.05) is 23.8 Å². The van der Waals surface area contributed by atoms with Crippen molar-refractivity contribution in [3.8, 4) is 17.1 Å². The summed E-state index contributed by atoms with van der Waals surface area (Å²) in [7, 11) is 0.